The van der Waals surface area contributed by atoms with E-state index in [9.17, 15) is 4.39 Å². The number of benzene rings is 1. The SMILES string of the molecule is CC(N)c1ccc(CF)c(Br)c1. The van der Waals surface area contributed by atoms with E-state index in [1.165, 1.54) is 0 Å². The Labute approximate surface area is 79.9 Å². The fourth-order valence-electron chi connectivity index (χ4n) is 0.955. The van der Waals surface area contributed by atoms with Crippen LogP contribution < -0.4 is 5.73 Å². The molecular weight excluding hydrogens is 221 g/mol. The van der Waals surface area contributed by atoms with E-state index in [0.29, 0.717) is 5.56 Å². The molecule has 0 amide bonds. The highest BCUT2D eigenvalue weighted by molar-refractivity contribution is 9.10. The van der Waals surface area contributed by atoms with Crippen LogP contribution in [-0.4, -0.2) is 0 Å². The standard InChI is InChI=1S/C9H11BrFN/c1-6(12)7-2-3-8(5-11)9(10)4-7/h2-4,6H,5,12H2,1H3. The van der Waals surface area contributed by atoms with Gasteiger partial charge in [0.1, 0.15) is 6.67 Å². The molecular formula is C9H11BrFN. The van der Waals surface area contributed by atoms with Crippen LogP contribution in [0.25, 0.3) is 0 Å². The molecule has 0 saturated carbocycles. The van der Waals surface area contributed by atoms with Gasteiger partial charge < -0.3 is 5.73 Å². The Morgan fingerprint density at radius 1 is 1.58 bits per heavy atom. The largest absolute Gasteiger partial charge is 0.324 e. The number of nitrogens with two attached hydrogens (primary N) is 1. The lowest BCUT2D eigenvalue weighted by molar-refractivity contribution is 0.484. The zero-order valence-electron chi connectivity index (χ0n) is 6.85. The fraction of sp³-hybridized carbons (Fsp3) is 0.333. The van der Waals surface area contributed by atoms with Crippen LogP contribution in [0.15, 0.2) is 22.7 Å². The minimum absolute atomic E-state index is 0.00467. The summed E-state index contributed by atoms with van der Waals surface area (Å²) in [6.45, 7) is 1.46. The van der Waals surface area contributed by atoms with E-state index in [-0.39, 0.29) is 6.04 Å². The van der Waals surface area contributed by atoms with E-state index >= 15 is 0 Å². The maximum Gasteiger partial charge on any atom is 0.116 e. The Hall–Kier alpha value is -0.410. The van der Waals surface area contributed by atoms with Gasteiger partial charge in [0.2, 0.25) is 0 Å². The molecule has 1 atom stereocenters. The van der Waals surface area contributed by atoms with E-state index in [0.717, 1.165) is 10.0 Å². The second-order valence-corrected chi connectivity index (χ2v) is 3.63. The molecule has 0 aromatic heterocycles. The molecule has 0 saturated heterocycles. The number of hydrogen-bond donors (Lipinski definition) is 1. The summed E-state index contributed by atoms with van der Waals surface area (Å²) in [5, 5.41) is 0. The van der Waals surface area contributed by atoms with Crippen LogP contribution in [0.1, 0.15) is 24.1 Å². The maximum absolute atomic E-state index is 12.3. The minimum atomic E-state index is -0.445. The highest BCUT2D eigenvalue weighted by atomic mass is 79.9. The van der Waals surface area contributed by atoms with Crippen molar-refractivity contribution in [3.63, 3.8) is 0 Å². The predicted octanol–water partition coefficient (Wildman–Crippen LogP) is 2.94. The molecule has 1 unspecified atom stereocenters. The molecule has 0 radical (unpaired) electrons. The van der Waals surface area contributed by atoms with Crippen molar-refractivity contribution in [2.24, 2.45) is 5.73 Å². The zero-order chi connectivity index (χ0) is 9.14. The average Bonchev–Trinajstić information content (AvgIpc) is 2.04. The Balaban J connectivity index is 3.02. The second-order valence-electron chi connectivity index (χ2n) is 2.77. The molecule has 0 aliphatic rings. The van der Waals surface area contributed by atoms with E-state index in [4.69, 9.17) is 5.73 Å². The first kappa shape index (κ1) is 9.68. The van der Waals surface area contributed by atoms with Crippen molar-refractivity contribution in [1.29, 1.82) is 0 Å². The summed E-state index contributed by atoms with van der Waals surface area (Å²) in [7, 11) is 0. The molecule has 3 heteroatoms. The fourth-order valence-corrected chi connectivity index (χ4v) is 1.46. The number of rotatable bonds is 2. The van der Waals surface area contributed by atoms with Crippen molar-refractivity contribution in [3.8, 4) is 0 Å². The summed E-state index contributed by atoms with van der Waals surface area (Å²) in [5.74, 6) is 0. The van der Waals surface area contributed by atoms with Gasteiger partial charge in [0.15, 0.2) is 0 Å². The third kappa shape index (κ3) is 2.05. The van der Waals surface area contributed by atoms with Gasteiger partial charge in [-0.05, 0) is 24.1 Å². The molecule has 0 aliphatic carbocycles. The van der Waals surface area contributed by atoms with Gasteiger partial charge in [-0.25, -0.2) is 4.39 Å². The molecule has 66 valence electrons. The van der Waals surface area contributed by atoms with Gasteiger partial charge in [-0.3, -0.25) is 0 Å². The van der Waals surface area contributed by atoms with Crippen molar-refractivity contribution in [1.82, 2.24) is 0 Å². The van der Waals surface area contributed by atoms with E-state index in [2.05, 4.69) is 15.9 Å². The molecule has 12 heavy (non-hydrogen) atoms. The first-order valence-corrected chi connectivity index (χ1v) is 4.54. The molecule has 1 aromatic carbocycles. The average molecular weight is 232 g/mol. The Bertz CT molecular complexity index is 273. The quantitative estimate of drug-likeness (QED) is 0.833. The Morgan fingerprint density at radius 3 is 2.67 bits per heavy atom. The molecule has 0 fully saturated rings. The van der Waals surface area contributed by atoms with Crippen LogP contribution in [0.4, 0.5) is 4.39 Å². The van der Waals surface area contributed by atoms with Crippen molar-refractivity contribution in [2.75, 3.05) is 0 Å². The second kappa shape index (κ2) is 4.01. The molecule has 1 nitrogen and oxygen atoms in total. The summed E-state index contributed by atoms with van der Waals surface area (Å²) >= 11 is 3.28. The van der Waals surface area contributed by atoms with Crippen LogP contribution in [0.3, 0.4) is 0 Å². The topological polar surface area (TPSA) is 26.0 Å². The van der Waals surface area contributed by atoms with Crippen LogP contribution in [-0.2, 0) is 6.67 Å². The van der Waals surface area contributed by atoms with Gasteiger partial charge >= 0.3 is 0 Å². The Kier molecular flexibility index (Phi) is 3.23. The molecule has 1 aromatic rings. The van der Waals surface area contributed by atoms with Crippen LogP contribution in [0, 0.1) is 0 Å². The van der Waals surface area contributed by atoms with Gasteiger partial charge in [-0.2, -0.15) is 0 Å². The van der Waals surface area contributed by atoms with E-state index in [1.54, 1.807) is 6.07 Å². The molecule has 0 spiro atoms. The summed E-state index contributed by atoms with van der Waals surface area (Å²) in [5.41, 5.74) is 7.34. The smallest absolute Gasteiger partial charge is 0.116 e. The van der Waals surface area contributed by atoms with Gasteiger partial charge in [0.05, 0.1) is 0 Å². The highest BCUT2D eigenvalue weighted by Crippen LogP contribution is 2.21. The summed E-state index contributed by atoms with van der Waals surface area (Å²) in [4.78, 5) is 0. The molecule has 0 heterocycles. The van der Waals surface area contributed by atoms with Crippen LogP contribution in [0.5, 0.6) is 0 Å². The number of halogens is 2. The Morgan fingerprint density at radius 2 is 2.25 bits per heavy atom. The molecule has 0 bridgehead atoms. The minimum Gasteiger partial charge on any atom is -0.324 e. The number of alkyl halides is 1. The maximum atomic E-state index is 12.3. The first-order chi connectivity index (χ1) is 5.65. The number of hydrogen-bond acceptors (Lipinski definition) is 1. The van der Waals surface area contributed by atoms with Gasteiger partial charge in [0.25, 0.3) is 0 Å². The molecule has 0 aliphatic heterocycles. The van der Waals surface area contributed by atoms with Gasteiger partial charge in [-0.1, -0.05) is 28.1 Å². The first-order valence-electron chi connectivity index (χ1n) is 3.75. The lowest BCUT2D eigenvalue weighted by Gasteiger charge is -2.07. The van der Waals surface area contributed by atoms with E-state index in [1.807, 2.05) is 19.1 Å². The van der Waals surface area contributed by atoms with Gasteiger partial charge in [0, 0.05) is 10.5 Å². The van der Waals surface area contributed by atoms with Gasteiger partial charge in [-0.15, -0.1) is 0 Å². The van der Waals surface area contributed by atoms with Crippen molar-refractivity contribution in [3.05, 3.63) is 33.8 Å². The zero-order valence-corrected chi connectivity index (χ0v) is 8.44. The van der Waals surface area contributed by atoms with Crippen molar-refractivity contribution in [2.45, 2.75) is 19.6 Å². The summed E-state index contributed by atoms with van der Waals surface area (Å²) in [6.07, 6.45) is 0. The lowest BCUT2D eigenvalue weighted by atomic mass is 10.1. The van der Waals surface area contributed by atoms with Crippen molar-refractivity contribution < 1.29 is 4.39 Å². The molecule has 1 rings (SSSR count). The highest BCUT2D eigenvalue weighted by Gasteiger charge is 2.03. The van der Waals surface area contributed by atoms with Crippen LogP contribution >= 0.6 is 15.9 Å². The monoisotopic (exact) mass is 231 g/mol. The lowest BCUT2D eigenvalue weighted by Crippen LogP contribution is -2.04. The van der Waals surface area contributed by atoms with Crippen molar-refractivity contribution >= 4 is 15.9 Å². The summed E-state index contributed by atoms with van der Waals surface area (Å²) in [6, 6.07) is 5.46. The third-order valence-corrected chi connectivity index (χ3v) is 2.49. The summed E-state index contributed by atoms with van der Waals surface area (Å²) < 4.78 is 13.0. The van der Waals surface area contributed by atoms with E-state index < -0.39 is 6.67 Å². The van der Waals surface area contributed by atoms with Crippen LogP contribution in [0.2, 0.25) is 0 Å². The molecule has 2 N–H and O–H groups in total. The predicted molar refractivity (Wildman–Crippen MR) is 51.6 cm³/mol. The third-order valence-electron chi connectivity index (χ3n) is 1.75. The normalized spacial score (nSPS) is 13.0.